The second kappa shape index (κ2) is 5.01. The van der Waals surface area contributed by atoms with E-state index in [1.165, 1.54) is 29.5 Å². The zero-order valence-electron chi connectivity index (χ0n) is 10.4. The largest absolute Gasteiger partial charge is 0.393 e. The van der Waals surface area contributed by atoms with Gasteiger partial charge < -0.3 is 5.11 Å². The van der Waals surface area contributed by atoms with Crippen LogP contribution in [0, 0.1) is 19.8 Å². The minimum absolute atomic E-state index is 0.0512. The number of aliphatic hydroxyl groups excluding tert-OH is 1. The molecule has 0 radical (unpaired) electrons. The topological polar surface area (TPSA) is 20.2 Å². The molecule has 0 heterocycles. The fourth-order valence-corrected chi connectivity index (χ4v) is 2.97. The number of aliphatic hydroxyl groups is 1. The van der Waals surface area contributed by atoms with Crippen LogP contribution in [0.1, 0.15) is 42.4 Å². The zero-order chi connectivity index (χ0) is 11.5. The first-order valence-electron chi connectivity index (χ1n) is 6.39. The highest BCUT2D eigenvalue weighted by molar-refractivity contribution is 5.28. The van der Waals surface area contributed by atoms with Gasteiger partial charge in [-0.2, -0.15) is 0 Å². The van der Waals surface area contributed by atoms with Crippen LogP contribution >= 0.6 is 0 Å². The Balaban J connectivity index is 2.02. The molecule has 16 heavy (non-hydrogen) atoms. The SMILES string of the molecule is Cc1cc(C)cc(CC2CCCC(O)C2)c1. The smallest absolute Gasteiger partial charge is 0.0543 e. The van der Waals surface area contributed by atoms with E-state index in [0.717, 1.165) is 19.3 Å². The van der Waals surface area contributed by atoms with Crippen LogP contribution in [0.15, 0.2) is 18.2 Å². The lowest BCUT2D eigenvalue weighted by molar-refractivity contribution is 0.101. The average Bonchev–Trinajstić information content (AvgIpc) is 2.15. The van der Waals surface area contributed by atoms with Gasteiger partial charge >= 0.3 is 0 Å². The minimum Gasteiger partial charge on any atom is -0.393 e. The maximum absolute atomic E-state index is 9.67. The van der Waals surface area contributed by atoms with E-state index in [1.807, 2.05) is 0 Å². The summed E-state index contributed by atoms with van der Waals surface area (Å²) >= 11 is 0. The molecule has 1 saturated carbocycles. The van der Waals surface area contributed by atoms with E-state index in [-0.39, 0.29) is 6.10 Å². The summed E-state index contributed by atoms with van der Waals surface area (Å²) in [4.78, 5) is 0. The normalized spacial score (nSPS) is 25.7. The summed E-state index contributed by atoms with van der Waals surface area (Å²) in [5.74, 6) is 0.685. The molecular formula is C15H22O. The van der Waals surface area contributed by atoms with Gasteiger partial charge in [-0.1, -0.05) is 35.7 Å². The van der Waals surface area contributed by atoms with Crippen LogP contribution in [0.25, 0.3) is 0 Å². The van der Waals surface area contributed by atoms with Crippen molar-refractivity contribution in [1.29, 1.82) is 0 Å². The third-order valence-electron chi connectivity index (χ3n) is 3.56. The Morgan fingerprint density at radius 2 is 1.81 bits per heavy atom. The van der Waals surface area contributed by atoms with Gasteiger partial charge in [0.05, 0.1) is 6.10 Å². The summed E-state index contributed by atoms with van der Waals surface area (Å²) in [7, 11) is 0. The molecular weight excluding hydrogens is 196 g/mol. The number of hydrogen-bond acceptors (Lipinski definition) is 1. The Bertz CT molecular complexity index is 336. The quantitative estimate of drug-likeness (QED) is 0.806. The Labute approximate surface area is 98.5 Å². The summed E-state index contributed by atoms with van der Waals surface area (Å²) in [6.45, 7) is 4.32. The lowest BCUT2D eigenvalue weighted by Crippen LogP contribution is -2.21. The van der Waals surface area contributed by atoms with Gasteiger partial charge in [-0.3, -0.25) is 0 Å². The fourth-order valence-electron chi connectivity index (χ4n) is 2.97. The fraction of sp³-hybridized carbons (Fsp3) is 0.600. The highest BCUT2D eigenvalue weighted by atomic mass is 16.3. The molecule has 1 heteroatoms. The van der Waals surface area contributed by atoms with Crippen molar-refractivity contribution in [2.45, 2.75) is 52.1 Å². The zero-order valence-corrected chi connectivity index (χ0v) is 10.4. The lowest BCUT2D eigenvalue weighted by atomic mass is 9.83. The van der Waals surface area contributed by atoms with Crippen molar-refractivity contribution in [2.24, 2.45) is 5.92 Å². The van der Waals surface area contributed by atoms with Crippen LogP contribution in [-0.2, 0) is 6.42 Å². The van der Waals surface area contributed by atoms with E-state index >= 15 is 0 Å². The molecule has 1 aliphatic carbocycles. The van der Waals surface area contributed by atoms with E-state index in [1.54, 1.807) is 0 Å². The Morgan fingerprint density at radius 3 is 2.44 bits per heavy atom. The third kappa shape index (κ3) is 3.08. The predicted molar refractivity (Wildman–Crippen MR) is 67.6 cm³/mol. The average molecular weight is 218 g/mol. The molecule has 2 unspecified atom stereocenters. The van der Waals surface area contributed by atoms with E-state index < -0.39 is 0 Å². The van der Waals surface area contributed by atoms with E-state index in [9.17, 15) is 5.11 Å². The van der Waals surface area contributed by atoms with Gasteiger partial charge in [-0.25, -0.2) is 0 Å². The van der Waals surface area contributed by atoms with E-state index in [0.29, 0.717) is 5.92 Å². The molecule has 0 saturated heterocycles. The molecule has 1 fully saturated rings. The van der Waals surface area contributed by atoms with E-state index in [2.05, 4.69) is 32.0 Å². The van der Waals surface area contributed by atoms with Crippen molar-refractivity contribution >= 4 is 0 Å². The lowest BCUT2D eigenvalue weighted by Gasteiger charge is -2.26. The third-order valence-corrected chi connectivity index (χ3v) is 3.56. The first-order valence-corrected chi connectivity index (χ1v) is 6.39. The van der Waals surface area contributed by atoms with Crippen molar-refractivity contribution in [3.8, 4) is 0 Å². The molecule has 0 aliphatic heterocycles. The standard InChI is InChI=1S/C15H22O/c1-11-6-12(2)8-14(7-11)9-13-4-3-5-15(16)10-13/h6-8,13,15-16H,3-5,9-10H2,1-2H3. The van der Waals surface area contributed by atoms with Crippen molar-refractivity contribution in [3.63, 3.8) is 0 Å². The molecule has 0 aromatic heterocycles. The maximum atomic E-state index is 9.67. The molecule has 1 N–H and O–H groups in total. The summed E-state index contributed by atoms with van der Waals surface area (Å²) < 4.78 is 0. The summed E-state index contributed by atoms with van der Waals surface area (Å²) in [6.07, 6.45) is 5.56. The highest BCUT2D eigenvalue weighted by Gasteiger charge is 2.20. The van der Waals surface area contributed by atoms with Crippen LogP contribution in [0.5, 0.6) is 0 Å². The Hall–Kier alpha value is -0.820. The molecule has 0 amide bonds. The maximum Gasteiger partial charge on any atom is 0.0543 e. The van der Waals surface area contributed by atoms with Gasteiger partial charge in [-0.05, 0) is 51.0 Å². The van der Waals surface area contributed by atoms with Crippen LogP contribution in [0.3, 0.4) is 0 Å². The monoisotopic (exact) mass is 218 g/mol. The molecule has 88 valence electrons. The molecule has 1 aromatic rings. The molecule has 1 aliphatic rings. The minimum atomic E-state index is -0.0512. The van der Waals surface area contributed by atoms with Crippen LogP contribution in [0.4, 0.5) is 0 Å². The predicted octanol–water partition coefficient (Wildman–Crippen LogP) is 3.40. The molecule has 0 bridgehead atoms. The first-order chi connectivity index (χ1) is 7.63. The van der Waals surface area contributed by atoms with Crippen LogP contribution < -0.4 is 0 Å². The Kier molecular flexibility index (Phi) is 3.65. The molecule has 1 aromatic carbocycles. The first kappa shape index (κ1) is 11.7. The number of aryl methyl sites for hydroxylation is 2. The molecule has 1 nitrogen and oxygen atoms in total. The van der Waals surface area contributed by atoms with Gasteiger partial charge in [0.1, 0.15) is 0 Å². The van der Waals surface area contributed by atoms with Crippen molar-refractivity contribution < 1.29 is 5.11 Å². The van der Waals surface area contributed by atoms with Crippen molar-refractivity contribution in [3.05, 3.63) is 34.9 Å². The summed E-state index contributed by atoms with van der Waals surface area (Å²) in [5.41, 5.74) is 4.15. The summed E-state index contributed by atoms with van der Waals surface area (Å²) in [5, 5.41) is 9.67. The Morgan fingerprint density at radius 1 is 1.12 bits per heavy atom. The second-order valence-electron chi connectivity index (χ2n) is 5.39. The number of rotatable bonds is 2. The summed E-state index contributed by atoms with van der Waals surface area (Å²) in [6, 6.07) is 6.79. The number of hydrogen-bond donors (Lipinski definition) is 1. The van der Waals surface area contributed by atoms with Crippen molar-refractivity contribution in [2.75, 3.05) is 0 Å². The van der Waals surface area contributed by atoms with Crippen molar-refractivity contribution in [1.82, 2.24) is 0 Å². The van der Waals surface area contributed by atoms with Gasteiger partial charge in [0.2, 0.25) is 0 Å². The number of benzene rings is 1. The van der Waals surface area contributed by atoms with Gasteiger partial charge in [0, 0.05) is 0 Å². The van der Waals surface area contributed by atoms with E-state index in [4.69, 9.17) is 0 Å². The second-order valence-corrected chi connectivity index (χ2v) is 5.39. The molecule has 2 rings (SSSR count). The molecule has 0 spiro atoms. The van der Waals surface area contributed by atoms with Crippen LogP contribution in [-0.4, -0.2) is 11.2 Å². The van der Waals surface area contributed by atoms with Gasteiger partial charge in [-0.15, -0.1) is 0 Å². The van der Waals surface area contributed by atoms with Gasteiger partial charge in [0.15, 0.2) is 0 Å². The van der Waals surface area contributed by atoms with Crippen LogP contribution in [0.2, 0.25) is 0 Å². The molecule has 2 atom stereocenters. The highest BCUT2D eigenvalue weighted by Crippen LogP contribution is 2.27. The van der Waals surface area contributed by atoms with Gasteiger partial charge in [0.25, 0.3) is 0 Å².